The molecule has 0 saturated heterocycles. The van der Waals surface area contributed by atoms with Crippen LogP contribution in [0.5, 0.6) is 0 Å². The molecule has 4 aromatic rings. The number of rotatable bonds is 6. The van der Waals surface area contributed by atoms with Gasteiger partial charge in [0.15, 0.2) is 0 Å². The number of carbonyl (C=O) groups excluding carboxylic acids is 2. The van der Waals surface area contributed by atoms with Crippen LogP contribution in [0.2, 0.25) is 0 Å². The van der Waals surface area contributed by atoms with Gasteiger partial charge in [-0.05, 0) is 56.7 Å². The Bertz CT molecular complexity index is 1560. The standard InChI is InChI=1S/C29H26N6O3/c1-6-29(3,4)25-15-21(10-12-30-25)26(36)33-22-16-23(18(2)32-17-22)19-8-7-9-20(14-19)24-11-13-31-27(34-24)35-28(37)38-5/h1,7-17H,2-5H3,(H,33,36)(H,31,34,35,37). The molecule has 0 aliphatic rings. The fourth-order valence-corrected chi connectivity index (χ4v) is 3.65. The first-order chi connectivity index (χ1) is 18.2. The molecule has 0 spiro atoms. The first kappa shape index (κ1) is 26.0. The van der Waals surface area contributed by atoms with Crippen molar-refractivity contribution in [2.24, 2.45) is 0 Å². The average molecular weight is 507 g/mol. The largest absolute Gasteiger partial charge is 0.453 e. The number of ether oxygens (including phenoxy) is 1. The predicted molar refractivity (Wildman–Crippen MR) is 146 cm³/mol. The number of nitrogens with one attached hydrogen (secondary N) is 2. The van der Waals surface area contributed by atoms with Crippen molar-refractivity contribution in [2.75, 3.05) is 17.7 Å². The minimum absolute atomic E-state index is 0.132. The fourth-order valence-electron chi connectivity index (χ4n) is 3.65. The molecule has 0 radical (unpaired) electrons. The Morgan fingerprint density at radius 3 is 2.50 bits per heavy atom. The van der Waals surface area contributed by atoms with Crippen molar-refractivity contribution in [2.45, 2.75) is 26.2 Å². The Balaban J connectivity index is 1.60. The number of pyridine rings is 2. The van der Waals surface area contributed by atoms with E-state index in [0.29, 0.717) is 22.6 Å². The van der Waals surface area contributed by atoms with Gasteiger partial charge in [-0.3, -0.25) is 20.1 Å². The van der Waals surface area contributed by atoms with Crippen molar-refractivity contribution < 1.29 is 14.3 Å². The maximum absolute atomic E-state index is 13.0. The molecule has 0 unspecified atom stereocenters. The van der Waals surface area contributed by atoms with E-state index in [0.717, 1.165) is 22.4 Å². The Morgan fingerprint density at radius 2 is 1.74 bits per heavy atom. The lowest BCUT2D eigenvalue weighted by Gasteiger charge is -2.17. The molecule has 1 aromatic carbocycles. The third-order valence-corrected chi connectivity index (χ3v) is 5.89. The smallest absolute Gasteiger partial charge is 0.413 e. The van der Waals surface area contributed by atoms with Gasteiger partial charge in [0.05, 0.1) is 35.8 Å². The SMILES string of the molecule is C#CC(C)(C)c1cc(C(=O)Nc2cnc(C)c(-c3cccc(-c4ccnc(NC(=O)OC)n4)c3)c2)ccn1. The van der Waals surface area contributed by atoms with Gasteiger partial charge in [-0.1, -0.05) is 24.1 Å². The second-order valence-corrected chi connectivity index (χ2v) is 8.97. The number of nitrogens with zero attached hydrogens (tertiary/aromatic N) is 4. The summed E-state index contributed by atoms with van der Waals surface area (Å²) in [6.07, 6.45) is 9.72. The summed E-state index contributed by atoms with van der Waals surface area (Å²) in [5.74, 6) is 2.54. The van der Waals surface area contributed by atoms with Crippen LogP contribution in [-0.4, -0.2) is 39.0 Å². The van der Waals surface area contributed by atoms with Crippen molar-refractivity contribution in [3.05, 3.63) is 84.1 Å². The average Bonchev–Trinajstić information content (AvgIpc) is 2.94. The van der Waals surface area contributed by atoms with Gasteiger partial charge in [-0.15, -0.1) is 6.42 Å². The lowest BCUT2D eigenvalue weighted by atomic mass is 9.89. The molecule has 0 aliphatic carbocycles. The Kier molecular flexibility index (Phi) is 7.44. The summed E-state index contributed by atoms with van der Waals surface area (Å²) in [5.41, 5.74) is 4.98. The predicted octanol–water partition coefficient (Wildman–Crippen LogP) is 5.25. The zero-order chi connectivity index (χ0) is 27.3. The topological polar surface area (TPSA) is 119 Å². The molecule has 38 heavy (non-hydrogen) atoms. The van der Waals surface area contributed by atoms with Crippen LogP contribution in [0.3, 0.4) is 0 Å². The fraction of sp³-hybridized carbons (Fsp3) is 0.172. The van der Waals surface area contributed by atoms with Gasteiger partial charge in [-0.2, -0.15) is 0 Å². The molecule has 9 heteroatoms. The van der Waals surface area contributed by atoms with Crippen molar-refractivity contribution in [3.63, 3.8) is 0 Å². The monoisotopic (exact) mass is 506 g/mol. The van der Waals surface area contributed by atoms with Crippen LogP contribution in [0.25, 0.3) is 22.4 Å². The van der Waals surface area contributed by atoms with E-state index in [-0.39, 0.29) is 11.9 Å². The minimum Gasteiger partial charge on any atom is -0.453 e. The van der Waals surface area contributed by atoms with E-state index in [1.165, 1.54) is 7.11 Å². The highest BCUT2D eigenvalue weighted by molar-refractivity contribution is 6.04. The number of terminal acetylenes is 1. The Morgan fingerprint density at radius 1 is 0.974 bits per heavy atom. The van der Waals surface area contributed by atoms with Gasteiger partial charge in [0, 0.05) is 34.8 Å². The molecular weight excluding hydrogens is 480 g/mol. The van der Waals surface area contributed by atoms with E-state index < -0.39 is 11.5 Å². The quantitative estimate of drug-likeness (QED) is 0.343. The second kappa shape index (κ2) is 10.9. The van der Waals surface area contributed by atoms with Crippen LogP contribution in [0.4, 0.5) is 16.4 Å². The minimum atomic E-state index is -0.654. The molecule has 9 nitrogen and oxygen atoms in total. The van der Waals surface area contributed by atoms with Gasteiger partial charge >= 0.3 is 6.09 Å². The molecule has 2 N–H and O–H groups in total. The molecule has 0 bridgehead atoms. The number of aryl methyl sites for hydroxylation is 1. The lowest BCUT2D eigenvalue weighted by Crippen LogP contribution is -2.18. The zero-order valence-corrected chi connectivity index (χ0v) is 21.4. The van der Waals surface area contributed by atoms with E-state index in [1.54, 1.807) is 36.8 Å². The summed E-state index contributed by atoms with van der Waals surface area (Å²) in [5, 5.41) is 5.38. The molecule has 2 amide bonds. The highest BCUT2D eigenvalue weighted by Crippen LogP contribution is 2.29. The number of hydrogen-bond acceptors (Lipinski definition) is 7. The molecule has 3 heterocycles. The third kappa shape index (κ3) is 5.82. The van der Waals surface area contributed by atoms with Gasteiger partial charge in [-0.25, -0.2) is 14.8 Å². The number of benzene rings is 1. The van der Waals surface area contributed by atoms with Gasteiger partial charge < -0.3 is 10.1 Å². The van der Waals surface area contributed by atoms with Crippen LogP contribution < -0.4 is 10.6 Å². The molecular formula is C29H26N6O3. The van der Waals surface area contributed by atoms with E-state index in [1.807, 2.05) is 51.1 Å². The maximum Gasteiger partial charge on any atom is 0.413 e. The van der Waals surface area contributed by atoms with Crippen LogP contribution in [0, 0.1) is 19.3 Å². The number of methoxy groups -OCH3 is 1. The van der Waals surface area contributed by atoms with E-state index in [9.17, 15) is 9.59 Å². The van der Waals surface area contributed by atoms with Crippen molar-refractivity contribution in [1.29, 1.82) is 0 Å². The highest BCUT2D eigenvalue weighted by atomic mass is 16.5. The number of aromatic nitrogens is 4. The normalized spacial score (nSPS) is 10.8. The van der Waals surface area contributed by atoms with Gasteiger partial charge in [0.25, 0.3) is 5.91 Å². The van der Waals surface area contributed by atoms with Crippen LogP contribution in [-0.2, 0) is 10.2 Å². The number of anilines is 2. The van der Waals surface area contributed by atoms with Gasteiger partial charge in [0.2, 0.25) is 5.95 Å². The first-order valence-electron chi connectivity index (χ1n) is 11.7. The third-order valence-electron chi connectivity index (χ3n) is 5.89. The summed E-state index contributed by atoms with van der Waals surface area (Å²) < 4.78 is 4.60. The van der Waals surface area contributed by atoms with Crippen molar-refractivity contribution in [3.8, 4) is 34.7 Å². The summed E-state index contributed by atoms with van der Waals surface area (Å²) in [6, 6.07) is 14.7. The first-order valence-corrected chi connectivity index (χ1v) is 11.7. The molecule has 4 rings (SSSR count). The van der Waals surface area contributed by atoms with Crippen LogP contribution >= 0.6 is 0 Å². The second-order valence-electron chi connectivity index (χ2n) is 8.97. The molecule has 190 valence electrons. The van der Waals surface area contributed by atoms with Gasteiger partial charge in [0.1, 0.15) is 0 Å². The lowest BCUT2D eigenvalue weighted by molar-refractivity contribution is 0.102. The Hall–Kier alpha value is -5.10. The molecule has 0 saturated carbocycles. The van der Waals surface area contributed by atoms with Crippen LogP contribution in [0.1, 0.15) is 35.6 Å². The Labute approximate surface area is 220 Å². The number of amides is 2. The van der Waals surface area contributed by atoms with Crippen molar-refractivity contribution in [1.82, 2.24) is 19.9 Å². The summed E-state index contributed by atoms with van der Waals surface area (Å²) in [7, 11) is 1.27. The highest BCUT2D eigenvalue weighted by Gasteiger charge is 2.20. The number of carbonyl (C=O) groups is 2. The molecule has 0 fully saturated rings. The summed E-state index contributed by atoms with van der Waals surface area (Å²) >= 11 is 0. The van der Waals surface area contributed by atoms with E-state index in [2.05, 4.69) is 41.2 Å². The number of hydrogen-bond donors (Lipinski definition) is 2. The van der Waals surface area contributed by atoms with Crippen molar-refractivity contribution >= 4 is 23.6 Å². The molecule has 0 aliphatic heterocycles. The summed E-state index contributed by atoms with van der Waals surface area (Å²) in [4.78, 5) is 41.8. The molecule has 3 aromatic heterocycles. The zero-order valence-electron chi connectivity index (χ0n) is 21.4. The van der Waals surface area contributed by atoms with Crippen LogP contribution in [0.15, 0.2) is 67.1 Å². The molecule has 0 atom stereocenters. The van der Waals surface area contributed by atoms with E-state index >= 15 is 0 Å². The summed E-state index contributed by atoms with van der Waals surface area (Å²) in [6.45, 7) is 5.65. The van der Waals surface area contributed by atoms with E-state index in [4.69, 9.17) is 6.42 Å². The maximum atomic E-state index is 13.0.